The second-order valence-electron chi connectivity index (χ2n) is 5.72. The van der Waals surface area contributed by atoms with Gasteiger partial charge in [-0.25, -0.2) is 0 Å². The molecule has 9 heteroatoms. The van der Waals surface area contributed by atoms with Crippen LogP contribution in [0.25, 0.3) is 0 Å². The molecular weight excluding hydrogens is 372 g/mol. The highest BCUT2D eigenvalue weighted by Gasteiger charge is 2.17. The average Bonchev–Trinajstić information content (AvgIpc) is 3.35. The number of fused-ring (bicyclic) bond motifs is 1. The van der Waals surface area contributed by atoms with Crippen LogP contribution in [0.15, 0.2) is 35.7 Å². The highest BCUT2D eigenvalue weighted by molar-refractivity contribution is 7.12. The van der Waals surface area contributed by atoms with Crippen LogP contribution in [0.2, 0.25) is 0 Å². The third-order valence-corrected chi connectivity index (χ3v) is 4.65. The number of hydrogen-bond donors (Lipinski definition) is 2. The number of benzene rings is 1. The minimum Gasteiger partial charge on any atom is -0.454 e. The largest absolute Gasteiger partial charge is 0.454 e. The number of carbonyl (C=O) groups is 3. The third kappa shape index (κ3) is 4.98. The number of rotatable bonds is 7. The van der Waals surface area contributed by atoms with E-state index in [1.807, 2.05) is 6.07 Å². The van der Waals surface area contributed by atoms with E-state index in [4.69, 9.17) is 14.2 Å². The van der Waals surface area contributed by atoms with Crippen molar-refractivity contribution in [3.05, 3.63) is 46.2 Å². The SMILES string of the molecule is C[C@@H](NC(=O)COC(=O)CNC(=O)c1cccs1)c1ccc2c(c1)OCO2. The van der Waals surface area contributed by atoms with Crippen LogP contribution < -0.4 is 20.1 Å². The molecule has 2 N–H and O–H groups in total. The summed E-state index contributed by atoms with van der Waals surface area (Å²) in [4.78, 5) is 35.8. The van der Waals surface area contributed by atoms with Gasteiger partial charge in [0.25, 0.3) is 11.8 Å². The number of amides is 2. The van der Waals surface area contributed by atoms with E-state index in [2.05, 4.69) is 10.6 Å². The summed E-state index contributed by atoms with van der Waals surface area (Å²) < 4.78 is 15.4. The van der Waals surface area contributed by atoms with Crippen molar-refractivity contribution in [2.75, 3.05) is 19.9 Å². The zero-order chi connectivity index (χ0) is 19.2. The Morgan fingerprint density at radius 3 is 2.81 bits per heavy atom. The Bertz CT molecular complexity index is 836. The smallest absolute Gasteiger partial charge is 0.325 e. The predicted octanol–water partition coefficient (Wildman–Crippen LogP) is 1.63. The van der Waals surface area contributed by atoms with E-state index in [0.29, 0.717) is 16.4 Å². The molecular formula is C18H18N2O6S. The van der Waals surface area contributed by atoms with E-state index in [1.165, 1.54) is 11.3 Å². The lowest BCUT2D eigenvalue weighted by Gasteiger charge is -2.15. The number of carbonyl (C=O) groups excluding carboxylic acids is 3. The topological polar surface area (TPSA) is 103 Å². The zero-order valence-electron chi connectivity index (χ0n) is 14.5. The first kappa shape index (κ1) is 18.7. The van der Waals surface area contributed by atoms with Crippen molar-refractivity contribution in [3.63, 3.8) is 0 Å². The molecule has 1 aliphatic heterocycles. The Kier molecular flexibility index (Phi) is 5.92. The second-order valence-corrected chi connectivity index (χ2v) is 6.67. The number of thiophene rings is 1. The van der Waals surface area contributed by atoms with Crippen LogP contribution in [0.1, 0.15) is 28.2 Å². The minimum absolute atomic E-state index is 0.179. The van der Waals surface area contributed by atoms with E-state index in [9.17, 15) is 14.4 Å². The maximum absolute atomic E-state index is 12.0. The number of ether oxygens (including phenoxy) is 3. The van der Waals surface area contributed by atoms with Gasteiger partial charge in [0.15, 0.2) is 18.1 Å². The molecule has 27 heavy (non-hydrogen) atoms. The van der Waals surface area contributed by atoms with Crippen LogP contribution in [0.3, 0.4) is 0 Å². The fourth-order valence-corrected chi connectivity index (χ4v) is 3.03. The molecule has 0 aliphatic carbocycles. The van der Waals surface area contributed by atoms with Crippen molar-refractivity contribution in [2.24, 2.45) is 0 Å². The van der Waals surface area contributed by atoms with E-state index >= 15 is 0 Å². The summed E-state index contributed by atoms with van der Waals surface area (Å²) in [5, 5.41) is 6.93. The van der Waals surface area contributed by atoms with Crippen molar-refractivity contribution in [1.29, 1.82) is 0 Å². The standard InChI is InChI=1S/C18H18N2O6S/c1-11(12-4-5-13-14(7-12)26-10-25-13)20-16(21)9-24-17(22)8-19-18(23)15-3-2-6-27-15/h2-7,11H,8-10H2,1H3,(H,19,23)(H,20,21)/t11-/m1/s1. The van der Waals surface area contributed by atoms with Gasteiger partial charge in [0, 0.05) is 0 Å². The molecule has 1 aliphatic rings. The van der Waals surface area contributed by atoms with Crippen LogP contribution in [0.4, 0.5) is 0 Å². The van der Waals surface area contributed by atoms with Crippen LogP contribution in [0, 0.1) is 0 Å². The van der Waals surface area contributed by atoms with Gasteiger partial charge in [-0.3, -0.25) is 14.4 Å². The summed E-state index contributed by atoms with van der Waals surface area (Å²) >= 11 is 1.27. The Hall–Kier alpha value is -3.07. The number of esters is 1. The molecule has 1 aromatic carbocycles. The van der Waals surface area contributed by atoms with E-state index < -0.39 is 18.5 Å². The third-order valence-electron chi connectivity index (χ3n) is 3.78. The Balaban J connectivity index is 1.40. The first-order valence-corrected chi connectivity index (χ1v) is 9.07. The molecule has 0 spiro atoms. The molecule has 3 rings (SSSR count). The molecule has 2 aromatic rings. The lowest BCUT2D eigenvalue weighted by atomic mass is 10.1. The molecule has 0 bridgehead atoms. The van der Waals surface area contributed by atoms with Gasteiger partial charge in [-0.2, -0.15) is 0 Å². The summed E-state index contributed by atoms with van der Waals surface area (Å²) in [7, 11) is 0. The number of nitrogens with one attached hydrogen (secondary N) is 2. The van der Waals surface area contributed by atoms with Crippen LogP contribution >= 0.6 is 11.3 Å². The second kappa shape index (κ2) is 8.54. The molecule has 142 valence electrons. The lowest BCUT2D eigenvalue weighted by molar-refractivity contribution is -0.147. The van der Waals surface area contributed by atoms with Gasteiger partial charge in [-0.15, -0.1) is 11.3 Å². The minimum atomic E-state index is -0.689. The van der Waals surface area contributed by atoms with Crippen LogP contribution in [-0.4, -0.2) is 37.7 Å². The van der Waals surface area contributed by atoms with Crippen LogP contribution in [0.5, 0.6) is 11.5 Å². The number of hydrogen-bond acceptors (Lipinski definition) is 7. The Morgan fingerprint density at radius 2 is 2.04 bits per heavy atom. The molecule has 0 fully saturated rings. The first-order chi connectivity index (χ1) is 13.0. The molecule has 2 heterocycles. The molecule has 0 saturated heterocycles. The summed E-state index contributed by atoms with van der Waals surface area (Å²) in [6, 6.07) is 8.48. The fourth-order valence-electron chi connectivity index (χ4n) is 2.39. The first-order valence-electron chi connectivity index (χ1n) is 8.19. The summed E-state index contributed by atoms with van der Waals surface area (Å²) in [6.07, 6.45) is 0. The average molecular weight is 390 g/mol. The summed E-state index contributed by atoms with van der Waals surface area (Å²) in [5.41, 5.74) is 0.835. The molecule has 0 unspecified atom stereocenters. The Labute approximate surface area is 159 Å². The lowest BCUT2D eigenvalue weighted by Crippen LogP contribution is -2.34. The molecule has 0 saturated carbocycles. The van der Waals surface area contributed by atoms with Gasteiger partial charge in [0.05, 0.1) is 10.9 Å². The van der Waals surface area contributed by atoms with Gasteiger partial charge in [-0.05, 0) is 36.1 Å². The quantitative estimate of drug-likeness (QED) is 0.697. The summed E-state index contributed by atoms with van der Waals surface area (Å²) in [6.45, 7) is 1.25. The molecule has 0 radical (unpaired) electrons. The van der Waals surface area contributed by atoms with Gasteiger partial charge < -0.3 is 24.8 Å². The van der Waals surface area contributed by atoms with Crippen molar-refractivity contribution < 1.29 is 28.6 Å². The van der Waals surface area contributed by atoms with Crippen molar-refractivity contribution in [2.45, 2.75) is 13.0 Å². The molecule has 2 amide bonds. The maximum atomic E-state index is 12.0. The van der Waals surface area contributed by atoms with Crippen molar-refractivity contribution >= 4 is 29.1 Å². The van der Waals surface area contributed by atoms with E-state index in [0.717, 1.165) is 5.56 Å². The Morgan fingerprint density at radius 1 is 1.22 bits per heavy atom. The highest BCUT2D eigenvalue weighted by Crippen LogP contribution is 2.34. The van der Waals surface area contributed by atoms with E-state index in [1.54, 1.807) is 36.6 Å². The maximum Gasteiger partial charge on any atom is 0.325 e. The monoisotopic (exact) mass is 390 g/mol. The molecule has 1 atom stereocenters. The van der Waals surface area contributed by atoms with Crippen LogP contribution in [-0.2, 0) is 14.3 Å². The van der Waals surface area contributed by atoms with Gasteiger partial charge in [-0.1, -0.05) is 12.1 Å². The van der Waals surface area contributed by atoms with Crippen molar-refractivity contribution in [3.8, 4) is 11.5 Å². The van der Waals surface area contributed by atoms with Gasteiger partial charge in [0.2, 0.25) is 6.79 Å². The highest BCUT2D eigenvalue weighted by atomic mass is 32.1. The van der Waals surface area contributed by atoms with E-state index in [-0.39, 0.29) is 25.3 Å². The zero-order valence-corrected chi connectivity index (χ0v) is 15.3. The summed E-state index contributed by atoms with van der Waals surface area (Å²) in [5.74, 6) is -0.205. The molecule has 8 nitrogen and oxygen atoms in total. The fraction of sp³-hybridized carbons (Fsp3) is 0.278. The normalized spacial score (nSPS) is 12.9. The predicted molar refractivity (Wildman–Crippen MR) is 96.7 cm³/mol. The molecule has 1 aromatic heterocycles. The van der Waals surface area contributed by atoms with Gasteiger partial charge in [0.1, 0.15) is 6.54 Å². The van der Waals surface area contributed by atoms with Gasteiger partial charge >= 0.3 is 5.97 Å². The van der Waals surface area contributed by atoms with Crippen molar-refractivity contribution in [1.82, 2.24) is 10.6 Å².